The van der Waals surface area contributed by atoms with Gasteiger partial charge in [0.2, 0.25) is 5.36 Å². The second-order valence-corrected chi connectivity index (χ2v) is 8.23. The normalized spacial score (nSPS) is 14.7. The molecule has 0 amide bonds. The molecule has 0 spiro atoms. The molecule has 2 heterocycles. The van der Waals surface area contributed by atoms with Crippen LogP contribution in [0, 0.1) is 10.2 Å². The molecule has 28 heavy (non-hydrogen) atoms. The van der Waals surface area contributed by atoms with E-state index in [-0.39, 0.29) is 0 Å². The molecule has 10 heteroatoms. The first-order valence-corrected chi connectivity index (χ1v) is 10.6. The Morgan fingerprint density at radius 1 is 1.04 bits per heavy atom. The molecule has 8 nitrogen and oxygen atoms in total. The largest absolute Gasteiger partial charge is 0.378 e. The first-order chi connectivity index (χ1) is 13.2. The minimum Gasteiger partial charge on any atom is -0.378 e. The second-order valence-electron chi connectivity index (χ2n) is 6.39. The van der Waals surface area contributed by atoms with Crippen LogP contribution in [0.25, 0.3) is 20.8 Å². The van der Waals surface area contributed by atoms with E-state index >= 15 is 0 Å². The van der Waals surface area contributed by atoms with Gasteiger partial charge in [-0.25, -0.2) is 28.2 Å². The molecule has 150 valence electrons. The van der Waals surface area contributed by atoms with Crippen molar-refractivity contribution in [2.75, 3.05) is 45.3 Å². The standard InChI is InChI=1S/C18H20N3OS.ClHO4/c1-20(2)13-3-5-15-17(11-13)23-18-12-14(4-6-16(18)19-15)21-7-9-22-10-8-21;2-1(3,4)5/h3-6,11-12H,7-10H2,1-2H3;(H,2,3,4,5)/q+1;/p-1. The van der Waals surface area contributed by atoms with Crippen molar-refractivity contribution in [3.8, 4) is 10.6 Å². The summed E-state index contributed by atoms with van der Waals surface area (Å²) in [6.45, 7) is 3.54. The highest BCUT2D eigenvalue weighted by atomic mass is 35.7. The second kappa shape index (κ2) is 8.66. The Labute approximate surface area is 168 Å². The number of rotatable bonds is 1. The summed E-state index contributed by atoms with van der Waals surface area (Å²) in [4.78, 5) is 8.42. The number of benzene rings is 2. The highest BCUT2D eigenvalue weighted by Gasteiger charge is 2.13. The number of anilines is 1. The summed E-state index contributed by atoms with van der Waals surface area (Å²) in [6, 6.07) is 13.0. The van der Waals surface area contributed by atoms with E-state index in [1.54, 1.807) is 0 Å². The smallest absolute Gasteiger partial charge is 0.201 e. The Bertz CT molecular complexity index is 988. The van der Waals surface area contributed by atoms with Crippen molar-refractivity contribution in [1.82, 2.24) is 9.56 Å². The molecule has 1 fully saturated rings. The molecule has 0 bridgehead atoms. The number of hydrogen-bond acceptors (Lipinski definition) is 8. The lowest BCUT2D eigenvalue weighted by atomic mass is 10.2. The van der Waals surface area contributed by atoms with Gasteiger partial charge in [0.25, 0.3) is 0 Å². The zero-order valence-electron chi connectivity index (χ0n) is 15.5. The van der Waals surface area contributed by atoms with Gasteiger partial charge >= 0.3 is 0 Å². The van der Waals surface area contributed by atoms with E-state index in [1.165, 1.54) is 20.6 Å². The third-order valence-corrected chi connectivity index (χ3v) is 5.33. The zero-order chi connectivity index (χ0) is 20.3. The minimum absolute atomic E-state index is 0.809. The van der Waals surface area contributed by atoms with Crippen molar-refractivity contribution >= 4 is 27.2 Å². The van der Waals surface area contributed by atoms with E-state index in [2.05, 4.69) is 60.0 Å². The van der Waals surface area contributed by atoms with E-state index in [0.29, 0.717) is 0 Å². The Balaban J connectivity index is 0.000000403. The van der Waals surface area contributed by atoms with Crippen LogP contribution in [0.3, 0.4) is 0 Å². The molecule has 0 radical (unpaired) electrons. The molecule has 4 rings (SSSR count). The van der Waals surface area contributed by atoms with Gasteiger partial charge in [-0.2, -0.15) is 0 Å². The molecular formula is C18H20ClN3O5S. The monoisotopic (exact) mass is 425 g/mol. The Hall–Kier alpha value is -1.85. The van der Waals surface area contributed by atoms with Gasteiger partial charge in [0, 0.05) is 30.9 Å². The molecule has 3 aliphatic rings. The van der Waals surface area contributed by atoms with Crippen LogP contribution in [-0.4, -0.2) is 45.4 Å². The third-order valence-electron chi connectivity index (χ3n) is 4.24. The number of fused-ring (bicyclic) bond motifs is 2. The fraction of sp³-hybridized carbons (Fsp3) is 0.333. The molecule has 1 aliphatic carbocycles. The fourth-order valence-electron chi connectivity index (χ4n) is 2.90. The summed E-state index contributed by atoms with van der Waals surface area (Å²) in [5.74, 6) is 0. The average Bonchev–Trinajstić information content (AvgIpc) is 2.64. The van der Waals surface area contributed by atoms with Crippen LogP contribution in [0.2, 0.25) is 0 Å². The number of morpholine rings is 1. The van der Waals surface area contributed by atoms with Crippen LogP contribution >= 0.6 is 11.3 Å². The van der Waals surface area contributed by atoms with Gasteiger partial charge in [0.05, 0.1) is 34.0 Å². The fourth-order valence-corrected chi connectivity index (χ4v) is 3.93. The lowest BCUT2D eigenvalue weighted by Crippen LogP contribution is -2.68. The predicted octanol–water partition coefficient (Wildman–Crippen LogP) is -2.49. The highest BCUT2D eigenvalue weighted by Crippen LogP contribution is 2.32. The summed E-state index contributed by atoms with van der Waals surface area (Å²) in [7, 11) is -0.812. The maximum absolute atomic E-state index is 8.49. The Morgan fingerprint density at radius 3 is 2.36 bits per heavy atom. The van der Waals surface area contributed by atoms with E-state index in [9.17, 15) is 0 Å². The third kappa shape index (κ3) is 5.58. The van der Waals surface area contributed by atoms with E-state index in [1.807, 2.05) is 11.3 Å². The maximum atomic E-state index is 8.49. The van der Waals surface area contributed by atoms with Gasteiger partial charge < -0.3 is 9.64 Å². The van der Waals surface area contributed by atoms with E-state index in [4.69, 9.17) is 28.4 Å². The van der Waals surface area contributed by atoms with E-state index in [0.717, 1.165) is 37.5 Å². The van der Waals surface area contributed by atoms with Crippen molar-refractivity contribution in [2.45, 2.75) is 0 Å². The predicted molar refractivity (Wildman–Crippen MR) is 96.4 cm³/mol. The van der Waals surface area contributed by atoms with Crippen molar-refractivity contribution < 1.29 is 33.6 Å². The van der Waals surface area contributed by atoms with Crippen LogP contribution in [0.15, 0.2) is 36.4 Å². The summed E-state index contributed by atoms with van der Waals surface area (Å²) >= 11 is 1.81. The van der Waals surface area contributed by atoms with Crippen molar-refractivity contribution in [1.29, 1.82) is 0 Å². The lowest BCUT2D eigenvalue weighted by Gasteiger charge is -2.29. The summed E-state index contributed by atoms with van der Waals surface area (Å²) < 4.78 is 42.8. The number of halogens is 1. The summed E-state index contributed by atoms with van der Waals surface area (Å²) in [5.41, 5.74) is 3.39. The first-order valence-electron chi connectivity index (χ1n) is 8.50. The van der Waals surface area contributed by atoms with Crippen LogP contribution in [-0.2, 0) is 4.74 Å². The molecular weight excluding hydrogens is 406 g/mol. The van der Waals surface area contributed by atoms with Crippen molar-refractivity contribution in [3.05, 3.63) is 41.8 Å². The lowest BCUT2D eigenvalue weighted by molar-refractivity contribution is -2.00. The SMILES string of the molecule is C[N+](C)=c1ccc2nc3ccc(N4CCOCC4)cc3sc-2c1.[O-][Cl+3]([O-])([O-])[O-]. The summed E-state index contributed by atoms with van der Waals surface area (Å²) in [5, 5.41) is 1.21. The van der Waals surface area contributed by atoms with Crippen molar-refractivity contribution in [2.24, 2.45) is 0 Å². The van der Waals surface area contributed by atoms with Gasteiger partial charge in [-0.15, -0.1) is 21.6 Å². The number of ether oxygens (including phenoxy) is 1. The van der Waals surface area contributed by atoms with Gasteiger partial charge in [-0.3, -0.25) is 0 Å². The number of hydrogen-bond donors (Lipinski definition) is 0. The molecule has 1 aromatic carbocycles. The zero-order valence-corrected chi connectivity index (χ0v) is 17.0. The Morgan fingerprint density at radius 2 is 1.71 bits per heavy atom. The molecule has 0 unspecified atom stereocenters. The topological polar surface area (TPSA) is 121 Å². The van der Waals surface area contributed by atoms with Crippen LogP contribution < -0.4 is 33.5 Å². The number of aromatic nitrogens is 1. The van der Waals surface area contributed by atoms with Gasteiger partial charge in [0.1, 0.15) is 14.1 Å². The first kappa shape index (κ1) is 20.9. The van der Waals surface area contributed by atoms with Gasteiger partial charge in [-0.1, -0.05) is 0 Å². The number of nitrogens with zero attached hydrogens (tertiary/aromatic N) is 3. The Kier molecular flexibility index (Phi) is 6.46. The van der Waals surface area contributed by atoms with Gasteiger partial charge in [-0.05, 0) is 24.3 Å². The average molecular weight is 426 g/mol. The molecule has 2 aliphatic heterocycles. The molecule has 1 aromatic rings. The molecule has 0 aromatic heterocycles. The van der Waals surface area contributed by atoms with Crippen LogP contribution in [0.5, 0.6) is 0 Å². The molecule has 1 saturated heterocycles. The van der Waals surface area contributed by atoms with Crippen LogP contribution in [0.1, 0.15) is 0 Å². The van der Waals surface area contributed by atoms with Crippen LogP contribution in [0.4, 0.5) is 5.69 Å². The van der Waals surface area contributed by atoms with Gasteiger partial charge in [0.15, 0.2) is 0 Å². The maximum Gasteiger partial charge on any atom is 0.201 e. The molecule has 0 N–H and O–H groups in total. The highest BCUT2D eigenvalue weighted by molar-refractivity contribution is 7.21. The minimum atomic E-state index is -4.94. The van der Waals surface area contributed by atoms with Crippen molar-refractivity contribution in [3.63, 3.8) is 0 Å². The quantitative estimate of drug-likeness (QED) is 0.312. The summed E-state index contributed by atoms with van der Waals surface area (Å²) in [6.07, 6.45) is 0. The molecule has 0 atom stereocenters. The van der Waals surface area contributed by atoms with E-state index < -0.39 is 10.2 Å². The molecule has 0 saturated carbocycles.